The molecule has 1 atom stereocenters. The van der Waals surface area contributed by atoms with E-state index in [1.807, 2.05) is 11.8 Å². The van der Waals surface area contributed by atoms with E-state index in [1.165, 1.54) is 12.8 Å². The average Bonchev–Trinajstić information content (AvgIpc) is 3.22. The highest BCUT2D eigenvalue weighted by Gasteiger charge is 2.34. The molecule has 0 bridgehead atoms. The van der Waals surface area contributed by atoms with Crippen molar-refractivity contribution in [3.8, 4) is 0 Å². The summed E-state index contributed by atoms with van der Waals surface area (Å²) in [4.78, 5) is 18.8. The third-order valence-corrected chi connectivity index (χ3v) is 3.90. The molecular formula is C15H23N3O2. The Morgan fingerprint density at radius 2 is 2.30 bits per heavy atom. The summed E-state index contributed by atoms with van der Waals surface area (Å²) in [7, 11) is 1.65. The predicted molar refractivity (Wildman–Crippen MR) is 78.5 cm³/mol. The first-order chi connectivity index (χ1) is 9.54. The van der Waals surface area contributed by atoms with Crippen LogP contribution in [0, 0.1) is 12.8 Å². The Bertz CT molecular complexity index is 486. The fourth-order valence-electron chi connectivity index (χ4n) is 2.43. The second kappa shape index (κ2) is 6.22. The molecule has 1 saturated carbocycles. The van der Waals surface area contributed by atoms with Gasteiger partial charge in [-0.25, -0.2) is 0 Å². The van der Waals surface area contributed by atoms with Crippen molar-refractivity contribution in [1.82, 2.24) is 9.88 Å². The van der Waals surface area contributed by atoms with Gasteiger partial charge in [0.05, 0.1) is 12.2 Å². The average molecular weight is 277 g/mol. The summed E-state index contributed by atoms with van der Waals surface area (Å²) in [6.07, 6.45) is 3.96. The van der Waals surface area contributed by atoms with Gasteiger partial charge in [-0.15, -0.1) is 0 Å². The van der Waals surface area contributed by atoms with Gasteiger partial charge in [-0.1, -0.05) is 0 Å². The van der Waals surface area contributed by atoms with Crippen LogP contribution in [0.15, 0.2) is 12.3 Å². The van der Waals surface area contributed by atoms with Crippen molar-refractivity contribution in [2.45, 2.75) is 32.7 Å². The van der Waals surface area contributed by atoms with E-state index in [-0.39, 0.29) is 11.9 Å². The summed E-state index contributed by atoms with van der Waals surface area (Å²) < 4.78 is 5.12. The molecule has 0 spiro atoms. The zero-order valence-electron chi connectivity index (χ0n) is 12.4. The molecule has 0 saturated heterocycles. The number of hydrogen-bond acceptors (Lipinski definition) is 4. The number of ether oxygens (including phenoxy) is 1. The van der Waals surface area contributed by atoms with Crippen LogP contribution in [0.25, 0.3) is 0 Å². The van der Waals surface area contributed by atoms with Gasteiger partial charge in [0.2, 0.25) is 0 Å². The zero-order valence-corrected chi connectivity index (χ0v) is 12.4. The van der Waals surface area contributed by atoms with E-state index in [0.717, 1.165) is 5.69 Å². The van der Waals surface area contributed by atoms with Gasteiger partial charge in [0.15, 0.2) is 0 Å². The predicted octanol–water partition coefficient (Wildman–Crippen LogP) is 1.86. The molecule has 1 aliphatic carbocycles. The molecule has 0 aliphatic heterocycles. The van der Waals surface area contributed by atoms with Crippen molar-refractivity contribution in [1.29, 1.82) is 0 Å². The monoisotopic (exact) mass is 277 g/mol. The molecule has 20 heavy (non-hydrogen) atoms. The number of pyridine rings is 1. The third kappa shape index (κ3) is 3.28. The molecule has 5 nitrogen and oxygen atoms in total. The minimum atomic E-state index is -0.0496. The van der Waals surface area contributed by atoms with Crippen LogP contribution in [0.4, 0.5) is 5.69 Å². The molecule has 2 rings (SSSR count). The highest BCUT2D eigenvalue weighted by Crippen LogP contribution is 2.35. The first-order valence-electron chi connectivity index (χ1n) is 7.06. The Hall–Kier alpha value is -1.62. The molecule has 2 N–H and O–H groups in total. The minimum absolute atomic E-state index is 0.0496. The molecule has 1 fully saturated rings. The van der Waals surface area contributed by atoms with Crippen LogP contribution in [0.1, 0.15) is 35.8 Å². The second-order valence-electron chi connectivity index (χ2n) is 5.48. The fourth-order valence-corrected chi connectivity index (χ4v) is 2.43. The second-order valence-corrected chi connectivity index (χ2v) is 5.48. The number of rotatable bonds is 6. The van der Waals surface area contributed by atoms with Crippen molar-refractivity contribution in [2.24, 2.45) is 5.92 Å². The van der Waals surface area contributed by atoms with Crippen LogP contribution in [-0.4, -0.2) is 42.1 Å². The van der Waals surface area contributed by atoms with Crippen molar-refractivity contribution >= 4 is 11.6 Å². The number of aromatic nitrogens is 1. The number of methoxy groups -OCH3 is 1. The quantitative estimate of drug-likeness (QED) is 0.861. The van der Waals surface area contributed by atoms with Gasteiger partial charge < -0.3 is 15.4 Å². The summed E-state index contributed by atoms with van der Waals surface area (Å²) in [6.45, 7) is 5.07. The maximum atomic E-state index is 12.7. The number of anilines is 1. The summed E-state index contributed by atoms with van der Waals surface area (Å²) in [5.41, 5.74) is 7.76. The van der Waals surface area contributed by atoms with Crippen LogP contribution in [0.2, 0.25) is 0 Å². The van der Waals surface area contributed by atoms with Crippen molar-refractivity contribution in [3.05, 3.63) is 23.5 Å². The summed E-state index contributed by atoms with van der Waals surface area (Å²) in [5, 5.41) is 0. The lowest BCUT2D eigenvalue weighted by Gasteiger charge is -2.29. The number of nitrogen functional groups attached to an aromatic ring is 1. The summed E-state index contributed by atoms with van der Waals surface area (Å²) in [6, 6.07) is 1.96. The van der Waals surface area contributed by atoms with Crippen LogP contribution in [0.5, 0.6) is 0 Å². The Kier molecular flexibility index (Phi) is 4.60. The van der Waals surface area contributed by atoms with Gasteiger partial charge in [-0.05, 0) is 38.7 Å². The first-order valence-corrected chi connectivity index (χ1v) is 7.06. The van der Waals surface area contributed by atoms with E-state index >= 15 is 0 Å². The molecule has 1 aliphatic rings. The minimum Gasteiger partial charge on any atom is -0.398 e. The van der Waals surface area contributed by atoms with Gasteiger partial charge in [-0.2, -0.15) is 0 Å². The molecule has 1 amide bonds. The molecule has 1 aromatic heterocycles. The van der Waals surface area contributed by atoms with Crippen LogP contribution < -0.4 is 5.73 Å². The Morgan fingerprint density at radius 1 is 1.60 bits per heavy atom. The number of nitrogens with two attached hydrogens (primary N) is 1. The van der Waals surface area contributed by atoms with Gasteiger partial charge in [0.1, 0.15) is 0 Å². The summed E-state index contributed by atoms with van der Waals surface area (Å²) in [5.74, 6) is 0.557. The number of amides is 1. The highest BCUT2D eigenvalue weighted by molar-refractivity contribution is 5.99. The van der Waals surface area contributed by atoms with Gasteiger partial charge >= 0.3 is 0 Å². The maximum Gasteiger partial charge on any atom is 0.257 e. The SMILES string of the molecule is COCCN(C(=O)c1cnc(C)cc1N)C(C)C1CC1. The van der Waals surface area contributed by atoms with Crippen molar-refractivity contribution in [3.63, 3.8) is 0 Å². The Balaban J connectivity index is 2.20. The number of carbonyl (C=O) groups excluding carboxylic acids is 1. The topological polar surface area (TPSA) is 68.5 Å². The lowest BCUT2D eigenvalue weighted by molar-refractivity contribution is 0.0595. The van der Waals surface area contributed by atoms with Crippen LogP contribution >= 0.6 is 0 Å². The van der Waals surface area contributed by atoms with Crippen molar-refractivity contribution < 1.29 is 9.53 Å². The van der Waals surface area contributed by atoms with Crippen molar-refractivity contribution in [2.75, 3.05) is 26.0 Å². The molecule has 1 heterocycles. The molecule has 0 aromatic carbocycles. The van der Waals surface area contributed by atoms with E-state index in [2.05, 4.69) is 11.9 Å². The first kappa shape index (κ1) is 14.8. The van der Waals surface area contributed by atoms with E-state index in [1.54, 1.807) is 19.4 Å². The van der Waals surface area contributed by atoms with E-state index < -0.39 is 0 Å². The van der Waals surface area contributed by atoms with E-state index in [9.17, 15) is 4.79 Å². The van der Waals surface area contributed by atoms with Crippen LogP contribution in [-0.2, 0) is 4.74 Å². The maximum absolute atomic E-state index is 12.7. The molecule has 1 aromatic rings. The normalized spacial score (nSPS) is 15.9. The smallest absolute Gasteiger partial charge is 0.257 e. The lowest BCUT2D eigenvalue weighted by atomic mass is 10.1. The molecule has 5 heteroatoms. The standard InChI is InChI=1S/C15H23N3O2/c1-10-8-14(16)13(9-17-10)15(19)18(6-7-20-3)11(2)12-4-5-12/h8-9,11-12H,4-7H2,1-3H3,(H2,16,17). The molecule has 110 valence electrons. The van der Waals surface area contributed by atoms with E-state index in [0.29, 0.717) is 30.3 Å². The number of hydrogen-bond donors (Lipinski definition) is 1. The Labute approximate surface area is 120 Å². The molecule has 0 radical (unpaired) electrons. The van der Waals surface area contributed by atoms with Gasteiger partial charge in [-0.3, -0.25) is 9.78 Å². The van der Waals surface area contributed by atoms with E-state index in [4.69, 9.17) is 10.5 Å². The number of aryl methyl sites for hydroxylation is 1. The third-order valence-electron chi connectivity index (χ3n) is 3.90. The molecular weight excluding hydrogens is 254 g/mol. The fraction of sp³-hybridized carbons (Fsp3) is 0.600. The van der Waals surface area contributed by atoms with Gasteiger partial charge in [0.25, 0.3) is 5.91 Å². The lowest BCUT2D eigenvalue weighted by Crippen LogP contribution is -2.42. The Morgan fingerprint density at radius 3 is 2.85 bits per heavy atom. The summed E-state index contributed by atoms with van der Waals surface area (Å²) >= 11 is 0. The number of nitrogens with zero attached hydrogens (tertiary/aromatic N) is 2. The number of carbonyl (C=O) groups is 1. The van der Waals surface area contributed by atoms with Gasteiger partial charge in [0, 0.05) is 37.3 Å². The zero-order chi connectivity index (χ0) is 14.7. The molecule has 1 unspecified atom stereocenters. The van der Waals surface area contributed by atoms with Crippen LogP contribution in [0.3, 0.4) is 0 Å². The largest absolute Gasteiger partial charge is 0.398 e. The highest BCUT2D eigenvalue weighted by atomic mass is 16.5.